The summed E-state index contributed by atoms with van der Waals surface area (Å²) in [5.41, 5.74) is 6.00. The van der Waals surface area contributed by atoms with Crippen molar-refractivity contribution in [3.63, 3.8) is 0 Å². The Morgan fingerprint density at radius 1 is 0.750 bits per heavy atom. The first kappa shape index (κ1) is 17.0. The molecular formula is C23H28Si. The number of benzene rings is 2. The zero-order valence-corrected chi connectivity index (χ0v) is 16.8. The second-order valence-electron chi connectivity index (χ2n) is 7.37. The van der Waals surface area contributed by atoms with Crippen LogP contribution in [0.4, 0.5) is 0 Å². The van der Waals surface area contributed by atoms with Gasteiger partial charge in [-0.2, -0.15) is 0 Å². The Labute approximate surface area is 147 Å². The van der Waals surface area contributed by atoms with Crippen LogP contribution < -0.4 is 10.4 Å². The Kier molecular flexibility index (Phi) is 4.40. The minimum absolute atomic E-state index is 0.543. The van der Waals surface area contributed by atoms with Gasteiger partial charge < -0.3 is 0 Å². The summed E-state index contributed by atoms with van der Waals surface area (Å²) in [5, 5.41) is 4.76. The summed E-state index contributed by atoms with van der Waals surface area (Å²) in [4.78, 5) is 0. The van der Waals surface area contributed by atoms with E-state index in [0.717, 1.165) is 0 Å². The van der Waals surface area contributed by atoms with E-state index in [0.29, 0.717) is 5.92 Å². The highest BCUT2D eigenvalue weighted by Crippen LogP contribution is 2.41. The Morgan fingerprint density at radius 2 is 1.33 bits per heavy atom. The lowest BCUT2D eigenvalue weighted by Gasteiger charge is -2.35. The zero-order valence-electron chi connectivity index (χ0n) is 15.8. The second kappa shape index (κ2) is 6.21. The largest absolute Gasteiger partial charge is 0.142 e. The van der Waals surface area contributed by atoms with Gasteiger partial charge in [-0.15, -0.1) is 0 Å². The van der Waals surface area contributed by atoms with E-state index in [-0.39, 0.29) is 0 Å². The first-order valence-electron chi connectivity index (χ1n) is 8.89. The van der Waals surface area contributed by atoms with Gasteiger partial charge in [-0.1, -0.05) is 90.0 Å². The molecule has 124 valence electrons. The van der Waals surface area contributed by atoms with E-state index >= 15 is 0 Å². The summed E-state index contributed by atoms with van der Waals surface area (Å²) >= 11 is 0. The van der Waals surface area contributed by atoms with Crippen LogP contribution in [0.1, 0.15) is 33.3 Å². The fraction of sp³-hybridized carbons (Fsp3) is 0.304. The maximum Gasteiger partial charge on any atom is 0.142 e. The van der Waals surface area contributed by atoms with Crippen molar-refractivity contribution < 1.29 is 0 Å². The van der Waals surface area contributed by atoms with Gasteiger partial charge in [0.15, 0.2) is 0 Å². The third kappa shape index (κ3) is 2.43. The topological polar surface area (TPSA) is 0 Å². The first-order chi connectivity index (χ1) is 11.4. The van der Waals surface area contributed by atoms with Crippen molar-refractivity contribution in [3.05, 3.63) is 82.1 Å². The van der Waals surface area contributed by atoms with Gasteiger partial charge in [0.1, 0.15) is 8.07 Å². The Bertz CT molecular complexity index is 826. The van der Waals surface area contributed by atoms with Crippen LogP contribution >= 0.6 is 0 Å². The maximum absolute atomic E-state index is 2.55. The van der Waals surface area contributed by atoms with Crippen LogP contribution in [0.3, 0.4) is 0 Å². The Hall–Kier alpha value is -1.86. The van der Waals surface area contributed by atoms with E-state index in [1.54, 1.807) is 16.0 Å². The van der Waals surface area contributed by atoms with Crippen molar-refractivity contribution in [2.75, 3.05) is 0 Å². The molecule has 0 saturated carbocycles. The summed E-state index contributed by atoms with van der Waals surface area (Å²) < 4.78 is 0. The lowest BCUT2D eigenvalue weighted by molar-refractivity contribution is 0.850. The molecule has 0 saturated heterocycles. The van der Waals surface area contributed by atoms with Gasteiger partial charge in [0.25, 0.3) is 0 Å². The van der Waals surface area contributed by atoms with Crippen molar-refractivity contribution in [3.8, 4) is 0 Å². The quantitative estimate of drug-likeness (QED) is 0.692. The highest BCUT2D eigenvalue weighted by atomic mass is 28.3. The molecule has 1 aliphatic rings. The minimum atomic E-state index is -1.98. The third-order valence-electron chi connectivity index (χ3n) is 6.21. The molecule has 0 spiro atoms. The van der Waals surface area contributed by atoms with Gasteiger partial charge in [-0.25, -0.2) is 0 Å². The molecule has 0 heterocycles. The summed E-state index contributed by atoms with van der Waals surface area (Å²) in [7, 11) is -1.98. The molecule has 0 aliphatic heterocycles. The predicted octanol–water partition coefficient (Wildman–Crippen LogP) is 5.03. The lowest BCUT2D eigenvalue weighted by atomic mass is 10.1. The van der Waals surface area contributed by atoms with Crippen LogP contribution in [-0.2, 0) is 0 Å². The van der Waals surface area contributed by atoms with Crippen LogP contribution in [0, 0.1) is 12.8 Å². The minimum Gasteiger partial charge on any atom is -0.0636 e. The molecule has 0 amide bonds. The molecular weight excluding hydrogens is 304 g/mol. The number of hydrogen-bond acceptors (Lipinski definition) is 0. The lowest BCUT2D eigenvalue weighted by Crippen LogP contribution is -2.59. The fourth-order valence-corrected chi connectivity index (χ4v) is 9.63. The van der Waals surface area contributed by atoms with E-state index in [1.807, 2.05) is 0 Å². The van der Waals surface area contributed by atoms with Crippen LogP contribution in [0.5, 0.6) is 0 Å². The average molecular weight is 333 g/mol. The molecule has 0 bridgehead atoms. The van der Waals surface area contributed by atoms with Crippen molar-refractivity contribution in [1.29, 1.82) is 0 Å². The van der Waals surface area contributed by atoms with E-state index in [9.17, 15) is 0 Å². The van der Waals surface area contributed by atoms with Gasteiger partial charge in [0.2, 0.25) is 0 Å². The van der Waals surface area contributed by atoms with Crippen LogP contribution in [0.15, 0.2) is 76.5 Å². The third-order valence-corrected chi connectivity index (χ3v) is 11.2. The Balaban J connectivity index is 2.33. The van der Waals surface area contributed by atoms with Gasteiger partial charge in [-0.05, 0) is 49.6 Å². The molecule has 0 radical (unpaired) electrons. The van der Waals surface area contributed by atoms with Gasteiger partial charge in [-0.3, -0.25) is 0 Å². The molecule has 2 aromatic carbocycles. The van der Waals surface area contributed by atoms with Crippen molar-refractivity contribution >= 4 is 18.4 Å². The molecule has 1 heteroatoms. The van der Waals surface area contributed by atoms with E-state index in [4.69, 9.17) is 0 Å². The monoisotopic (exact) mass is 332 g/mol. The summed E-state index contributed by atoms with van der Waals surface area (Å²) in [6, 6.07) is 20.2. The smallest absolute Gasteiger partial charge is 0.0636 e. The van der Waals surface area contributed by atoms with Gasteiger partial charge >= 0.3 is 0 Å². The molecule has 2 atom stereocenters. The van der Waals surface area contributed by atoms with Crippen molar-refractivity contribution in [1.82, 2.24) is 0 Å². The van der Waals surface area contributed by atoms with Crippen molar-refractivity contribution in [2.45, 2.75) is 41.2 Å². The predicted molar refractivity (Wildman–Crippen MR) is 109 cm³/mol. The highest BCUT2D eigenvalue weighted by molar-refractivity contribution is 7.07. The van der Waals surface area contributed by atoms with E-state index in [1.165, 1.54) is 21.9 Å². The first-order valence-corrected chi connectivity index (χ1v) is 11.4. The standard InChI is InChI=1S/C23H28Si/c1-16-12-10-11-15-22(16)24(6,21-13-8-7-9-14-21)23-19(4)17(2)18(3)20(23)5/h7-15,19H,1-6H3. The SMILES string of the molecule is CC1=C(C)C(C)C([Si](C)(c2ccccc2)c2ccccc2C)=C1C. The number of hydrogen-bond donors (Lipinski definition) is 0. The molecule has 1 aliphatic carbocycles. The highest BCUT2D eigenvalue weighted by Gasteiger charge is 2.43. The van der Waals surface area contributed by atoms with Crippen molar-refractivity contribution in [2.24, 2.45) is 5.92 Å². The van der Waals surface area contributed by atoms with Crippen LogP contribution in [0.25, 0.3) is 0 Å². The zero-order chi connectivity index (χ0) is 17.5. The molecule has 0 N–H and O–H groups in total. The van der Waals surface area contributed by atoms with Gasteiger partial charge in [0, 0.05) is 0 Å². The van der Waals surface area contributed by atoms with E-state index in [2.05, 4.69) is 95.8 Å². The fourth-order valence-electron chi connectivity index (χ4n) is 4.53. The molecule has 2 unspecified atom stereocenters. The summed E-state index contributed by atoms with van der Waals surface area (Å²) in [5.74, 6) is 0.543. The molecule has 3 rings (SSSR count). The molecule has 24 heavy (non-hydrogen) atoms. The summed E-state index contributed by atoms with van der Waals surface area (Å²) in [6.07, 6.45) is 0. The number of allylic oxidation sites excluding steroid dienone is 4. The second-order valence-corrected chi connectivity index (χ2v) is 11.3. The maximum atomic E-state index is 2.55. The number of rotatable bonds is 3. The molecule has 0 nitrogen and oxygen atoms in total. The Morgan fingerprint density at radius 3 is 1.88 bits per heavy atom. The summed E-state index contributed by atoms with van der Waals surface area (Å²) in [6.45, 7) is 14.2. The molecule has 0 fully saturated rings. The average Bonchev–Trinajstić information content (AvgIpc) is 2.79. The molecule has 0 aromatic heterocycles. The van der Waals surface area contributed by atoms with E-state index < -0.39 is 8.07 Å². The van der Waals surface area contributed by atoms with Crippen LogP contribution in [-0.4, -0.2) is 8.07 Å². The normalized spacial score (nSPS) is 20.5. The van der Waals surface area contributed by atoms with Crippen LogP contribution in [0.2, 0.25) is 6.55 Å². The van der Waals surface area contributed by atoms with Gasteiger partial charge in [0.05, 0.1) is 0 Å². The molecule has 2 aromatic rings. The number of aryl methyl sites for hydroxylation is 1.